The summed E-state index contributed by atoms with van der Waals surface area (Å²) in [6, 6.07) is 14.1. The van der Waals surface area contributed by atoms with Crippen molar-refractivity contribution in [3.63, 3.8) is 0 Å². The Kier molecular flexibility index (Phi) is 6.46. The summed E-state index contributed by atoms with van der Waals surface area (Å²) in [7, 11) is 0. The second-order valence-electron chi connectivity index (χ2n) is 8.02. The Balaban J connectivity index is 1.36. The van der Waals surface area contributed by atoms with Crippen molar-refractivity contribution >= 4 is 11.6 Å². The van der Waals surface area contributed by atoms with Crippen LogP contribution >= 0.6 is 0 Å². The summed E-state index contributed by atoms with van der Waals surface area (Å²) in [6.07, 6.45) is 8.19. The second kappa shape index (κ2) is 9.60. The number of likely N-dealkylation sites (tertiary alicyclic amines) is 1. The molecule has 0 aliphatic carbocycles. The first-order chi connectivity index (χ1) is 15.1. The van der Waals surface area contributed by atoms with Gasteiger partial charge in [-0.2, -0.15) is 0 Å². The lowest BCUT2D eigenvalue weighted by Crippen LogP contribution is -2.42. The smallest absolute Gasteiger partial charge is 0.254 e. The molecule has 2 heterocycles. The van der Waals surface area contributed by atoms with E-state index in [4.69, 9.17) is 4.74 Å². The van der Waals surface area contributed by atoms with Crippen molar-refractivity contribution in [2.45, 2.75) is 45.7 Å². The summed E-state index contributed by atoms with van der Waals surface area (Å²) in [5.41, 5.74) is 4.00. The lowest BCUT2D eigenvalue weighted by Gasteiger charge is -2.33. The quantitative estimate of drug-likeness (QED) is 0.598. The molecule has 0 spiro atoms. The van der Waals surface area contributed by atoms with Crippen LogP contribution in [0.3, 0.4) is 0 Å². The third kappa shape index (κ3) is 5.20. The van der Waals surface area contributed by atoms with Gasteiger partial charge in [0.1, 0.15) is 5.75 Å². The highest BCUT2D eigenvalue weighted by atomic mass is 16.5. The van der Waals surface area contributed by atoms with Gasteiger partial charge in [-0.1, -0.05) is 12.1 Å². The van der Waals surface area contributed by atoms with Gasteiger partial charge < -0.3 is 15.0 Å². The van der Waals surface area contributed by atoms with E-state index in [-0.39, 0.29) is 5.91 Å². The van der Waals surface area contributed by atoms with E-state index >= 15 is 0 Å². The highest BCUT2D eigenvalue weighted by Gasteiger charge is 2.24. The van der Waals surface area contributed by atoms with Gasteiger partial charge in [-0.3, -0.25) is 9.78 Å². The first-order valence-electron chi connectivity index (χ1n) is 10.8. The average Bonchev–Trinajstić information content (AvgIpc) is 2.80. The van der Waals surface area contributed by atoms with Gasteiger partial charge in [0, 0.05) is 42.8 Å². The van der Waals surface area contributed by atoms with E-state index in [1.165, 1.54) is 6.42 Å². The molecule has 6 nitrogen and oxygen atoms in total. The van der Waals surface area contributed by atoms with E-state index in [1.54, 1.807) is 18.6 Å². The zero-order valence-corrected chi connectivity index (χ0v) is 18.0. The molecule has 1 fully saturated rings. The number of anilines is 1. The molecule has 3 aromatic rings. The molecule has 1 atom stereocenters. The number of benzene rings is 2. The number of rotatable bonds is 6. The third-order valence-corrected chi connectivity index (χ3v) is 5.71. The number of nitrogens with zero attached hydrogens (tertiary/aromatic N) is 3. The van der Waals surface area contributed by atoms with Gasteiger partial charge in [0.25, 0.3) is 5.91 Å². The Labute approximate surface area is 183 Å². The summed E-state index contributed by atoms with van der Waals surface area (Å²) in [6.45, 7) is 5.72. The van der Waals surface area contributed by atoms with Crippen LogP contribution in [0, 0.1) is 6.92 Å². The van der Waals surface area contributed by atoms with E-state index < -0.39 is 0 Å². The molecule has 1 aliphatic rings. The van der Waals surface area contributed by atoms with Crippen LogP contribution < -0.4 is 10.1 Å². The zero-order valence-electron chi connectivity index (χ0n) is 18.0. The normalized spacial score (nSPS) is 16.1. The van der Waals surface area contributed by atoms with Gasteiger partial charge in [-0.25, -0.2) is 4.98 Å². The van der Waals surface area contributed by atoms with Crippen LogP contribution in [0.1, 0.15) is 47.7 Å². The highest BCUT2D eigenvalue weighted by molar-refractivity contribution is 5.95. The fourth-order valence-electron chi connectivity index (χ4n) is 3.89. The Morgan fingerprint density at radius 1 is 1.16 bits per heavy atom. The van der Waals surface area contributed by atoms with Gasteiger partial charge >= 0.3 is 0 Å². The van der Waals surface area contributed by atoms with Crippen LogP contribution in [-0.4, -0.2) is 33.4 Å². The summed E-state index contributed by atoms with van der Waals surface area (Å²) in [5.74, 6) is 1.33. The van der Waals surface area contributed by atoms with Crippen molar-refractivity contribution in [1.29, 1.82) is 0 Å². The predicted octanol–water partition coefficient (Wildman–Crippen LogP) is 5.20. The van der Waals surface area contributed by atoms with E-state index in [0.717, 1.165) is 47.5 Å². The number of hydrogen-bond donors (Lipinski definition) is 1. The van der Waals surface area contributed by atoms with Crippen LogP contribution in [-0.2, 0) is 6.54 Å². The molecule has 6 heteroatoms. The Morgan fingerprint density at radius 2 is 2.00 bits per heavy atom. The molecular weight excluding hydrogens is 388 g/mol. The number of carbonyl (C=O) groups excluding carboxylic acids is 1. The predicted molar refractivity (Wildman–Crippen MR) is 121 cm³/mol. The zero-order chi connectivity index (χ0) is 21.6. The van der Waals surface area contributed by atoms with E-state index in [2.05, 4.69) is 22.2 Å². The molecule has 31 heavy (non-hydrogen) atoms. The molecule has 1 amide bonds. The van der Waals surface area contributed by atoms with Crippen molar-refractivity contribution in [1.82, 2.24) is 14.9 Å². The van der Waals surface area contributed by atoms with Gasteiger partial charge in [0.2, 0.25) is 5.88 Å². The maximum Gasteiger partial charge on any atom is 0.254 e. The highest BCUT2D eigenvalue weighted by Crippen LogP contribution is 2.23. The average molecular weight is 417 g/mol. The fraction of sp³-hybridized carbons (Fsp3) is 0.320. The molecule has 0 bridgehead atoms. The Morgan fingerprint density at radius 3 is 2.71 bits per heavy atom. The molecule has 4 rings (SSSR count). The van der Waals surface area contributed by atoms with Crippen molar-refractivity contribution in [3.05, 3.63) is 77.7 Å². The summed E-state index contributed by atoms with van der Waals surface area (Å²) >= 11 is 0. The molecule has 1 N–H and O–H groups in total. The molecule has 0 unspecified atom stereocenters. The van der Waals surface area contributed by atoms with Crippen LogP contribution in [0.25, 0.3) is 0 Å². The molecule has 1 aromatic heterocycles. The Hall–Kier alpha value is -3.41. The lowest BCUT2D eigenvalue weighted by atomic mass is 10.0. The van der Waals surface area contributed by atoms with Gasteiger partial charge in [0.15, 0.2) is 0 Å². The lowest BCUT2D eigenvalue weighted by molar-refractivity contribution is 0.0635. The first-order valence-corrected chi connectivity index (χ1v) is 10.8. The van der Waals surface area contributed by atoms with Crippen LogP contribution in [0.15, 0.2) is 61.1 Å². The monoisotopic (exact) mass is 416 g/mol. The van der Waals surface area contributed by atoms with Gasteiger partial charge in [-0.05, 0) is 74.6 Å². The standard InChI is InChI=1S/C25H28N4O2/c1-18-15-21(25(30)29-14-4-3-5-19(29)2)8-11-23(18)28-16-20-6-9-22(10-7-20)31-24-17-26-12-13-27-24/h6-13,15,17,19,28H,3-5,14,16H2,1-2H3/t19-/m0/s1. The summed E-state index contributed by atoms with van der Waals surface area (Å²) < 4.78 is 5.68. The minimum atomic E-state index is 0.139. The number of carbonyl (C=O) groups is 1. The number of hydrogen-bond acceptors (Lipinski definition) is 5. The fourth-order valence-corrected chi connectivity index (χ4v) is 3.89. The second-order valence-corrected chi connectivity index (χ2v) is 8.02. The summed E-state index contributed by atoms with van der Waals surface area (Å²) in [4.78, 5) is 23.0. The van der Waals surface area contributed by atoms with Crippen LogP contribution in [0.2, 0.25) is 0 Å². The van der Waals surface area contributed by atoms with E-state index in [0.29, 0.717) is 18.5 Å². The molecule has 1 saturated heterocycles. The Bertz CT molecular complexity index is 1020. The number of nitrogens with one attached hydrogen (secondary N) is 1. The molecule has 0 radical (unpaired) electrons. The maximum atomic E-state index is 12.9. The van der Waals surface area contributed by atoms with Gasteiger partial charge in [-0.15, -0.1) is 0 Å². The van der Waals surface area contributed by atoms with E-state index in [1.807, 2.05) is 54.3 Å². The molecule has 2 aromatic carbocycles. The van der Waals surface area contributed by atoms with E-state index in [9.17, 15) is 4.79 Å². The SMILES string of the molecule is Cc1cc(C(=O)N2CCCC[C@@H]2C)ccc1NCc1ccc(Oc2cnccn2)cc1. The minimum Gasteiger partial charge on any atom is -0.438 e. The first kappa shape index (κ1) is 20.8. The van der Waals surface area contributed by atoms with Crippen molar-refractivity contribution in [2.75, 3.05) is 11.9 Å². The molecule has 0 saturated carbocycles. The van der Waals surface area contributed by atoms with Crippen molar-refractivity contribution in [3.8, 4) is 11.6 Å². The van der Waals surface area contributed by atoms with Crippen LogP contribution in [0.5, 0.6) is 11.6 Å². The van der Waals surface area contributed by atoms with Crippen molar-refractivity contribution in [2.24, 2.45) is 0 Å². The van der Waals surface area contributed by atoms with Gasteiger partial charge in [0.05, 0.1) is 6.20 Å². The molecule has 160 valence electrons. The maximum absolute atomic E-state index is 12.9. The number of aryl methyl sites for hydroxylation is 1. The number of piperidine rings is 1. The minimum absolute atomic E-state index is 0.139. The number of ether oxygens (including phenoxy) is 1. The topological polar surface area (TPSA) is 67.4 Å². The third-order valence-electron chi connectivity index (χ3n) is 5.71. The molecular formula is C25H28N4O2. The molecule has 1 aliphatic heterocycles. The number of aromatic nitrogens is 2. The summed E-state index contributed by atoms with van der Waals surface area (Å²) in [5, 5.41) is 3.46. The van der Waals surface area contributed by atoms with Crippen molar-refractivity contribution < 1.29 is 9.53 Å². The largest absolute Gasteiger partial charge is 0.438 e. The number of amides is 1. The van der Waals surface area contributed by atoms with Crippen LogP contribution in [0.4, 0.5) is 5.69 Å².